The van der Waals surface area contributed by atoms with Crippen molar-refractivity contribution in [3.63, 3.8) is 0 Å². The van der Waals surface area contributed by atoms with E-state index in [2.05, 4.69) is 0 Å². The molecule has 0 bridgehead atoms. The Morgan fingerprint density at radius 3 is 2.50 bits per heavy atom. The molecule has 1 aliphatic rings. The monoisotopic (exact) mass is 140 g/mol. The van der Waals surface area contributed by atoms with Crippen molar-refractivity contribution in [2.45, 2.75) is 26.4 Å². The molecular weight excluding hydrogens is 128 g/mol. The molecule has 0 saturated heterocycles. The Morgan fingerprint density at radius 2 is 2.30 bits per heavy atom. The Hall–Kier alpha value is -0.630. The molecule has 0 aliphatic heterocycles. The highest BCUT2D eigenvalue weighted by atomic mass is 16.3. The lowest BCUT2D eigenvalue weighted by Gasteiger charge is -2.01. The van der Waals surface area contributed by atoms with E-state index in [4.69, 9.17) is 5.11 Å². The van der Waals surface area contributed by atoms with Crippen LogP contribution in [0.3, 0.4) is 0 Å². The average molecular weight is 140 g/mol. The van der Waals surface area contributed by atoms with Crippen LogP contribution in [0.25, 0.3) is 0 Å². The summed E-state index contributed by atoms with van der Waals surface area (Å²) < 4.78 is 0. The normalized spacial score (nSPS) is 25.8. The van der Waals surface area contributed by atoms with Crippen LogP contribution in [0.2, 0.25) is 0 Å². The van der Waals surface area contributed by atoms with E-state index in [-0.39, 0.29) is 18.1 Å². The van der Waals surface area contributed by atoms with Crippen LogP contribution in [0, 0.1) is 5.92 Å². The molecule has 2 nitrogen and oxygen atoms in total. The molecule has 0 heterocycles. The van der Waals surface area contributed by atoms with E-state index >= 15 is 0 Å². The van der Waals surface area contributed by atoms with Gasteiger partial charge < -0.3 is 5.11 Å². The number of rotatable bonds is 1. The molecule has 0 saturated carbocycles. The Labute approximate surface area is 60.6 Å². The predicted octanol–water partition coefficient (Wildman–Crippen LogP) is 0.903. The first kappa shape index (κ1) is 7.48. The van der Waals surface area contributed by atoms with Gasteiger partial charge in [-0.25, -0.2) is 0 Å². The second kappa shape index (κ2) is 2.54. The number of carbonyl (C=O) groups is 1. The fourth-order valence-electron chi connectivity index (χ4n) is 1.18. The summed E-state index contributed by atoms with van der Waals surface area (Å²) in [6.45, 7) is 3.92. The van der Waals surface area contributed by atoms with Crippen molar-refractivity contribution in [1.29, 1.82) is 0 Å². The van der Waals surface area contributed by atoms with Gasteiger partial charge in [0.1, 0.15) is 0 Å². The number of allylic oxidation sites excluding steroid dienone is 1. The van der Waals surface area contributed by atoms with Crippen LogP contribution in [0.1, 0.15) is 20.3 Å². The van der Waals surface area contributed by atoms with E-state index < -0.39 is 6.10 Å². The van der Waals surface area contributed by atoms with Crippen LogP contribution in [-0.2, 0) is 4.79 Å². The molecule has 0 radical (unpaired) electrons. The van der Waals surface area contributed by atoms with Crippen molar-refractivity contribution in [1.82, 2.24) is 0 Å². The lowest BCUT2D eigenvalue weighted by Crippen LogP contribution is -2.04. The SMILES string of the molecule is CC(C)C1=C[C@@H](O)CC1=O. The van der Waals surface area contributed by atoms with Gasteiger partial charge in [0.25, 0.3) is 0 Å². The number of aliphatic hydroxyl groups is 1. The summed E-state index contributed by atoms with van der Waals surface area (Å²) in [5, 5.41) is 9.02. The predicted molar refractivity (Wildman–Crippen MR) is 38.6 cm³/mol. The van der Waals surface area contributed by atoms with Crippen LogP contribution in [-0.4, -0.2) is 17.0 Å². The van der Waals surface area contributed by atoms with Crippen LogP contribution in [0.15, 0.2) is 11.6 Å². The maximum Gasteiger partial charge on any atom is 0.161 e. The Balaban J connectivity index is 2.75. The van der Waals surface area contributed by atoms with Crippen LogP contribution in [0.4, 0.5) is 0 Å². The highest BCUT2D eigenvalue weighted by Crippen LogP contribution is 2.21. The lowest BCUT2D eigenvalue weighted by atomic mass is 10.0. The van der Waals surface area contributed by atoms with Gasteiger partial charge in [-0.15, -0.1) is 0 Å². The Bertz CT molecular complexity index is 180. The molecule has 1 N–H and O–H groups in total. The first-order valence-electron chi connectivity index (χ1n) is 3.54. The minimum atomic E-state index is -0.523. The summed E-state index contributed by atoms with van der Waals surface area (Å²) in [4.78, 5) is 11.0. The summed E-state index contributed by atoms with van der Waals surface area (Å²) in [6, 6.07) is 0. The maximum absolute atomic E-state index is 11.0. The molecule has 0 unspecified atom stereocenters. The van der Waals surface area contributed by atoms with E-state index in [0.717, 1.165) is 5.57 Å². The molecule has 0 aromatic carbocycles. The molecule has 1 rings (SSSR count). The van der Waals surface area contributed by atoms with Crippen molar-refractivity contribution >= 4 is 5.78 Å². The largest absolute Gasteiger partial charge is 0.389 e. The van der Waals surface area contributed by atoms with Crippen molar-refractivity contribution in [3.8, 4) is 0 Å². The van der Waals surface area contributed by atoms with Gasteiger partial charge in [-0.2, -0.15) is 0 Å². The number of hydrogen-bond donors (Lipinski definition) is 1. The average Bonchev–Trinajstić information content (AvgIpc) is 2.10. The fraction of sp³-hybridized carbons (Fsp3) is 0.625. The van der Waals surface area contributed by atoms with Crippen LogP contribution < -0.4 is 0 Å². The van der Waals surface area contributed by atoms with Crippen molar-refractivity contribution in [3.05, 3.63) is 11.6 Å². The van der Waals surface area contributed by atoms with Crippen molar-refractivity contribution in [2.24, 2.45) is 5.92 Å². The van der Waals surface area contributed by atoms with E-state index in [1.54, 1.807) is 6.08 Å². The van der Waals surface area contributed by atoms with Gasteiger partial charge in [0.05, 0.1) is 6.10 Å². The molecule has 0 amide bonds. The third-order valence-electron chi connectivity index (χ3n) is 1.71. The number of hydrogen-bond acceptors (Lipinski definition) is 2. The summed E-state index contributed by atoms with van der Waals surface area (Å²) in [6.07, 6.45) is 1.42. The minimum Gasteiger partial charge on any atom is -0.389 e. The van der Waals surface area contributed by atoms with Crippen molar-refractivity contribution < 1.29 is 9.90 Å². The summed E-state index contributed by atoms with van der Waals surface area (Å²) in [5.41, 5.74) is 0.785. The summed E-state index contributed by atoms with van der Waals surface area (Å²) >= 11 is 0. The molecule has 0 fully saturated rings. The quantitative estimate of drug-likeness (QED) is 0.587. The van der Waals surface area contributed by atoms with Gasteiger partial charge in [-0.05, 0) is 17.6 Å². The number of carbonyl (C=O) groups excluding carboxylic acids is 1. The van der Waals surface area contributed by atoms with E-state index in [0.29, 0.717) is 0 Å². The number of Topliss-reactive ketones (excluding diaryl/α,β-unsaturated/α-hetero) is 1. The van der Waals surface area contributed by atoms with Crippen molar-refractivity contribution in [2.75, 3.05) is 0 Å². The van der Waals surface area contributed by atoms with Gasteiger partial charge >= 0.3 is 0 Å². The summed E-state index contributed by atoms with van der Waals surface area (Å²) in [5.74, 6) is 0.354. The van der Waals surface area contributed by atoms with Crippen LogP contribution in [0.5, 0.6) is 0 Å². The van der Waals surface area contributed by atoms with Crippen LogP contribution >= 0.6 is 0 Å². The van der Waals surface area contributed by atoms with E-state index in [1.165, 1.54) is 0 Å². The highest BCUT2D eigenvalue weighted by Gasteiger charge is 2.23. The Morgan fingerprint density at radius 1 is 1.70 bits per heavy atom. The molecule has 0 aromatic rings. The molecular formula is C8H12O2. The zero-order valence-electron chi connectivity index (χ0n) is 6.29. The second-order valence-corrected chi connectivity index (χ2v) is 2.97. The standard InChI is InChI=1S/C8H12O2/c1-5(2)7-3-6(9)4-8(7)10/h3,5-6,9H,4H2,1-2H3/t6-/m1/s1. The van der Waals surface area contributed by atoms with E-state index in [9.17, 15) is 4.79 Å². The number of ketones is 1. The fourth-order valence-corrected chi connectivity index (χ4v) is 1.18. The third kappa shape index (κ3) is 1.27. The third-order valence-corrected chi connectivity index (χ3v) is 1.71. The maximum atomic E-state index is 11.0. The summed E-state index contributed by atoms with van der Waals surface area (Å²) in [7, 11) is 0. The van der Waals surface area contributed by atoms with Gasteiger partial charge in [-0.3, -0.25) is 4.79 Å². The lowest BCUT2D eigenvalue weighted by molar-refractivity contribution is -0.116. The topological polar surface area (TPSA) is 37.3 Å². The molecule has 1 atom stereocenters. The van der Waals surface area contributed by atoms with Gasteiger partial charge in [-0.1, -0.05) is 13.8 Å². The van der Waals surface area contributed by atoms with Gasteiger partial charge in [0.15, 0.2) is 5.78 Å². The molecule has 10 heavy (non-hydrogen) atoms. The molecule has 0 aromatic heterocycles. The smallest absolute Gasteiger partial charge is 0.161 e. The zero-order chi connectivity index (χ0) is 7.72. The van der Waals surface area contributed by atoms with E-state index in [1.807, 2.05) is 13.8 Å². The zero-order valence-corrected chi connectivity index (χ0v) is 6.29. The van der Waals surface area contributed by atoms with Gasteiger partial charge in [0, 0.05) is 6.42 Å². The number of aliphatic hydroxyl groups excluding tert-OH is 1. The first-order valence-corrected chi connectivity index (χ1v) is 3.54. The molecule has 56 valence electrons. The minimum absolute atomic E-state index is 0.0995. The second-order valence-electron chi connectivity index (χ2n) is 2.97. The van der Waals surface area contributed by atoms with Gasteiger partial charge in [0.2, 0.25) is 0 Å². The first-order chi connectivity index (χ1) is 4.61. The molecule has 2 heteroatoms. The highest BCUT2D eigenvalue weighted by molar-refractivity contribution is 5.98. The molecule has 0 spiro atoms. The molecule has 1 aliphatic carbocycles. The Kier molecular flexibility index (Phi) is 1.90.